The van der Waals surface area contributed by atoms with Crippen LogP contribution in [0.25, 0.3) is 44.0 Å². The van der Waals surface area contributed by atoms with Gasteiger partial charge in [0.2, 0.25) is 0 Å². The number of aryl methyl sites for hydroxylation is 1. The lowest BCUT2D eigenvalue weighted by atomic mass is 9.91. The third-order valence-electron chi connectivity index (χ3n) is 6.81. The van der Waals surface area contributed by atoms with Crippen molar-refractivity contribution in [3.8, 4) is 23.5 Å². The molecule has 0 radical (unpaired) electrons. The summed E-state index contributed by atoms with van der Waals surface area (Å²) >= 11 is 0. The average Bonchev–Trinajstić information content (AvgIpc) is 3.26. The van der Waals surface area contributed by atoms with Crippen LogP contribution in [0.1, 0.15) is 50.7 Å². The third-order valence-corrected chi connectivity index (χ3v) is 7.60. The van der Waals surface area contributed by atoms with Gasteiger partial charge in [0, 0.05) is 46.4 Å². The summed E-state index contributed by atoms with van der Waals surface area (Å²) in [4.78, 5) is 20.8. The average molecular weight is 516 g/mol. The van der Waals surface area contributed by atoms with Crippen LogP contribution in [0, 0.1) is 12.3 Å². The lowest BCUT2D eigenvalue weighted by molar-refractivity contribution is 0.551. The summed E-state index contributed by atoms with van der Waals surface area (Å²) < 4.78 is 39.0. The van der Waals surface area contributed by atoms with Gasteiger partial charge in [-0.05, 0) is 53.8 Å². The first-order valence-electron chi connectivity index (χ1n) is 12.2. The Kier molecular flexibility index (Phi) is 6.12. The molecule has 3 heterocycles. The Morgan fingerprint density at radius 2 is 1.92 bits per heavy atom. The van der Waals surface area contributed by atoms with E-state index < -0.39 is 15.1 Å². The van der Waals surface area contributed by atoms with E-state index in [-0.39, 0.29) is 11.3 Å². The normalized spacial score (nSPS) is 12.1. The predicted octanol–water partition coefficient (Wildman–Crippen LogP) is 6.26. The minimum absolute atomic E-state index is 0.00499. The number of aromatic nitrogens is 3. The predicted molar refractivity (Wildman–Crippen MR) is 146 cm³/mol. The highest BCUT2D eigenvalue weighted by atomic mass is 32.3. The van der Waals surface area contributed by atoms with Crippen molar-refractivity contribution in [3.05, 3.63) is 70.1 Å². The van der Waals surface area contributed by atoms with Gasteiger partial charge in [0.15, 0.2) is 5.43 Å². The van der Waals surface area contributed by atoms with Gasteiger partial charge in [-0.3, -0.25) is 9.78 Å². The molecule has 6 nitrogen and oxygen atoms in total. The standard InChI is InChI=1S/C29H26FN3O3S/c1-5-7-10-33-26-14-23(19-12-20(16-31-15-19)37(30,35)36)22(17(3)4)13-24(26)28(34)27-21-9-8-18(6-2)11-25(21)32-29(27)33/h2,8-9,11-17,32H,5,7,10H2,1,3-4H3. The number of rotatable bonds is 6. The van der Waals surface area contributed by atoms with Crippen LogP contribution in [-0.4, -0.2) is 23.0 Å². The molecule has 0 bridgehead atoms. The molecule has 0 aliphatic carbocycles. The molecule has 0 amide bonds. The summed E-state index contributed by atoms with van der Waals surface area (Å²) in [7, 11) is -4.92. The van der Waals surface area contributed by atoms with Gasteiger partial charge in [-0.2, -0.15) is 8.42 Å². The van der Waals surface area contributed by atoms with Gasteiger partial charge in [-0.15, -0.1) is 10.3 Å². The van der Waals surface area contributed by atoms with Crippen LogP contribution < -0.4 is 5.43 Å². The molecule has 37 heavy (non-hydrogen) atoms. The van der Waals surface area contributed by atoms with Crippen LogP contribution in [-0.2, 0) is 16.8 Å². The van der Waals surface area contributed by atoms with Crippen LogP contribution in [0.4, 0.5) is 3.89 Å². The first-order chi connectivity index (χ1) is 17.6. The number of benzene rings is 2. The van der Waals surface area contributed by atoms with Crippen molar-refractivity contribution < 1.29 is 12.3 Å². The molecule has 2 aromatic carbocycles. The molecule has 0 aliphatic heterocycles. The first-order valence-corrected chi connectivity index (χ1v) is 13.5. The summed E-state index contributed by atoms with van der Waals surface area (Å²) in [5.41, 5.74) is 4.84. The van der Waals surface area contributed by atoms with Crippen LogP contribution in [0.3, 0.4) is 0 Å². The highest BCUT2D eigenvalue weighted by Gasteiger charge is 2.21. The third kappa shape index (κ3) is 4.19. The van der Waals surface area contributed by atoms with E-state index in [4.69, 9.17) is 6.42 Å². The highest BCUT2D eigenvalue weighted by Crippen LogP contribution is 2.35. The number of nitrogens with one attached hydrogen (secondary N) is 1. The summed E-state index contributed by atoms with van der Waals surface area (Å²) in [6.45, 7) is 6.75. The maximum atomic E-state index is 13.9. The largest absolute Gasteiger partial charge is 0.340 e. The number of halogens is 1. The molecular weight excluding hydrogens is 489 g/mol. The summed E-state index contributed by atoms with van der Waals surface area (Å²) in [6, 6.07) is 10.6. The van der Waals surface area contributed by atoms with Crippen LogP contribution in [0.2, 0.25) is 0 Å². The zero-order chi connectivity index (χ0) is 26.5. The molecule has 0 unspecified atom stereocenters. The SMILES string of the molecule is C#Cc1ccc2c(c1)[nH]c1c2c(=O)c2cc(C(C)C)c(-c3cncc(S(=O)(=O)F)c3)cc2n1CCCC. The Bertz CT molecular complexity index is 1910. The summed E-state index contributed by atoms with van der Waals surface area (Å²) in [6.07, 6.45) is 9.94. The number of aromatic amines is 1. The Morgan fingerprint density at radius 3 is 2.59 bits per heavy atom. The van der Waals surface area contributed by atoms with Gasteiger partial charge in [0.25, 0.3) is 0 Å². The van der Waals surface area contributed by atoms with Gasteiger partial charge in [-0.25, -0.2) is 0 Å². The molecule has 0 fully saturated rings. The van der Waals surface area contributed by atoms with Gasteiger partial charge >= 0.3 is 10.2 Å². The van der Waals surface area contributed by atoms with Crippen LogP contribution in [0.15, 0.2) is 58.5 Å². The van der Waals surface area contributed by atoms with Crippen molar-refractivity contribution in [3.63, 3.8) is 0 Å². The Labute approximate surface area is 214 Å². The van der Waals surface area contributed by atoms with E-state index >= 15 is 0 Å². The molecule has 0 atom stereocenters. The number of fused-ring (bicyclic) bond motifs is 4. The molecule has 188 valence electrons. The number of unbranched alkanes of at least 4 members (excludes halogenated alkanes) is 1. The van der Waals surface area contributed by atoms with Crippen molar-refractivity contribution in [1.29, 1.82) is 0 Å². The van der Waals surface area contributed by atoms with E-state index in [1.807, 2.05) is 44.2 Å². The minimum atomic E-state index is -4.92. The highest BCUT2D eigenvalue weighted by molar-refractivity contribution is 7.86. The maximum absolute atomic E-state index is 13.9. The number of nitrogens with zero attached hydrogens (tertiary/aromatic N) is 2. The zero-order valence-corrected chi connectivity index (χ0v) is 21.6. The van der Waals surface area contributed by atoms with Gasteiger partial charge in [0.05, 0.1) is 10.9 Å². The van der Waals surface area contributed by atoms with Crippen molar-refractivity contribution >= 4 is 43.1 Å². The van der Waals surface area contributed by atoms with Crippen molar-refractivity contribution in [2.75, 3.05) is 0 Å². The smallest absolute Gasteiger partial charge is 0.333 e. The van der Waals surface area contributed by atoms with Crippen molar-refractivity contribution in [1.82, 2.24) is 14.5 Å². The fraction of sp³-hybridized carbons (Fsp3) is 0.241. The number of hydrogen-bond donors (Lipinski definition) is 1. The number of H-pyrrole nitrogens is 1. The lowest BCUT2D eigenvalue weighted by Gasteiger charge is -2.18. The molecule has 3 aromatic heterocycles. The number of hydrogen-bond acceptors (Lipinski definition) is 4. The quantitative estimate of drug-likeness (QED) is 0.214. The van der Waals surface area contributed by atoms with E-state index in [9.17, 15) is 17.1 Å². The van der Waals surface area contributed by atoms with E-state index in [0.717, 1.165) is 41.1 Å². The second-order valence-electron chi connectivity index (χ2n) is 9.55. The molecule has 0 saturated heterocycles. The number of pyridine rings is 2. The van der Waals surface area contributed by atoms with Crippen molar-refractivity contribution in [2.45, 2.75) is 51.0 Å². The van der Waals surface area contributed by atoms with Crippen molar-refractivity contribution in [2.24, 2.45) is 0 Å². The minimum Gasteiger partial charge on any atom is -0.340 e. The molecule has 8 heteroatoms. The first kappa shape index (κ1) is 24.7. The molecule has 0 saturated carbocycles. The maximum Gasteiger partial charge on any atom is 0.333 e. The van der Waals surface area contributed by atoms with Crippen LogP contribution in [0.5, 0.6) is 0 Å². The lowest BCUT2D eigenvalue weighted by Crippen LogP contribution is -2.12. The monoisotopic (exact) mass is 515 g/mol. The molecule has 5 aromatic rings. The second-order valence-corrected chi connectivity index (χ2v) is 10.9. The molecule has 1 N–H and O–H groups in total. The topological polar surface area (TPSA) is 84.8 Å². The van der Waals surface area contributed by atoms with Gasteiger partial charge in [-0.1, -0.05) is 39.2 Å². The fourth-order valence-electron chi connectivity index (χ4n) is 4.95. The molecular formula is C29H26FN3O3S. The van der Waals surface area contributed by atoms with Gasteiger partial charge < -0.3 is 9.55 Å². The Hall–Kier alpha value is -3.96. The fourth-order valence-corrected chi connectivity index (χ4v) is 5.40. The van der Waals surface area contributed by atoms with E-state index in [0.29, 0.717) is 39.6 Å². The zero-order valence-electron chi connectivity index (χ0n) is 20.8. The Morgan fingerprint density at radius 1 is 1.14 bits per heavy atom. The summed E-state index contributed by atoms with van der Waals surface area (Å²) in [5, 5.41) is 1.99. The summed E-state index contributed by atoms with van der Waals surface area (Å²) in [5.74, 6) is 2.65. The Balaban J connectivity index is 1.92. The van der Waals surface area contributed by atoms with E-state index in [1.165, 1.54) is 12.3 Å². The van der Waals surface area contributed by atoms with E-state index in [2.05, 4.69) is 27.4 Å². The second kappa shape index (κ2) is 9.16. The van der Waals surface area contributed by atoms with Crippen LogP contribution >= 0.6 is 0 Å². The molecule has 0 spiro atoms. The van der Waals surface area contributed by atoms with E-state index in [1.54, 1.807) is 0 Å². The molecule has 5 rings (SSSR count). The molecule has 0 aliphatic rings. The van der Waals surface area contributed by atoms with Gasteiger partial charge in [0.1, 0.15) is 10.5 Å². The number of terminal acetylenes is 1.